The van der Waals surface area contributed by atoms with E-state index in [9.17, 15) is 14.4 Å². The molecule has 1 heterocycles. The molecule has 3 amide bonds. The number of amides is 3. The molecular weight excluding hydrogens is 362 g/mol. The molecule has 1 N–H and O–H groups in total. The van der Waals surface area contributed by atoms with E-state index in [0.717, 1.165) is 0 Å². The second-order valence-corrected chi connectivity index (χ2v) is 6.94. The largest absolute Gasteiger partial charge is 0.492 e. The van der Waals surface area contributed by atoms with Crippen molar-refractivity contribution in [2.75, 3.05) is 44.7 Å². The van der Waals surface area contributed by atoms with Crippen LogP contribution in [0.25, 0.3) is 0 Å². The molecule has 1 saturated carbocycles. The number of rotatable bonds is 6. The minimum Gasteiger partial charge on any atom is -0.492 e. The lowest BCUT2D eigenvalue weighted by atomic mass is 10.0. The normalized spacial score (nSPS) is 17.6. The maximum Gasteiger partial charge on any atom is 0.409 e. The molecule has 1 aliphatic carbocycles. The lowest BCUT2D eigenvalue weighted by Gasteiger charge is -2.35. The van der Waals surface area contributed by atoms with Gasteiger partial charge in [0.2, 0.25) is 11.8 Å². The summed E-state index contributed by atoms with van der Waals surface area (Å²) < 4.78 is 10.5. The van der Waals surface area contributed by atoms with Gasteiger partial charge in [-0.3, -0.25) is 9.59 Å². The Hall–Kier alpha value is -2.77. The predicted molar refractivity (Wildman–Crippen MR) is 103 cm³/mol. The summed E-state index contributed by atoms with van der Waals surface area (Å²) >= 11 is 0. The van der Waals surface area contributed by atoms with Crippen LogP contribution < -0.4 is 10.1 Å². The molecular formula is C20H27N3O5. The zero-order chi connectivity index (χ0) is 20.1. The average molecular weight is 389 g/mol. The molecule has 0 radical (unpaired) electrons. The van der Waals surface area contributed by atoms with Crippen LogP contribution in [0.15, 0.2) is 24.3 Å². The van der Waals surface area contributed by atoms with Crippen LogP contribution >= 0.6 is 0 Å². The molecule has 2 aliphatic rings. The van der Waals surface area contributed by atoms with Gasteiger partial charge in [0.1, 0.15) is 11.2 Å². The number of carbonyl (C=O) groups excluding carboxylic acids is 3. The van der Waals surface area contributed by atoms with Crippen molar-refractivity contribution in [3.63, 3.8) is 0 Å². The Morgan fingerprint density at radius 3 is 2.25 bits per heavy atom. The van der Waals surface area contributed by atoms with Gasteiger partial charge in [0.15, 0.2) is 0 Å². The highest BCUT2D eigenvalue weighted by Gasteiger charge is 2.58. The molecule has 2 fully saturated rings. The Labute approximate surface area is 164 Å². The van der Waals surface area contributed by atoms with Gasteiger partial charge in [-0.15, -0.1) is 0 Å². The fourth-order valence-corrected chi connectivity index (χ4v) is 3.37. The van der Waals surface area contributed by atoms with Crippen molar-refractivity contribution in [3.05, 3.63) is 24.3 Å². The number of hydrogen-bond donors (Lipinski definition) is 1. The fraction of sp³-hybridized carbons (Fsp3) is 0.550. The first kappa shape index (κ1) is 20.0. The molecule has 0 spiro atoms. The van der Waals surface area contributed by atoms with Crippen molar-refractivity contribution in [1.29, 1.82) is 0 Å². The van der Waals surface area contributed by atoms with E-state index in [1.54, 1.807) is 28.9 Å². The van der Waals surface area contributed by atoms with E-state index in [4.69, 9.17) is 9.47 Å². The summed E-state index contributed by atoms with van der Waals surface area (Å²) in [5.74, 6) is 0.129. The van der Waals surface area contributed by atoms with Crippen LogP contribution in [0.4, 0.5) is 10.5 Å². The van der Waals surface area contributed by atoms with Crippen molar-refractivity contribution in [3.8, 4) is 5.75 Å². The molecule has 152 valence electrons. The summed E-state index contributed by atoms with van der Waals surface area (Å²) in [4.78, 5) is 41.0. The Morgan fingerprint density at radius 2 is 1.64 bits per heavy atom. The molecule has 8 nitrogen and oxygen atoms in total. The standard InChI is InChI=1S/C20H27N3O5/c1-3-27-16-8-6-5-7-15(16)21-17(24)20(9-10-20)18(25)22-11-13-23(14-12-22)19(26)28-4-2/h5-8H,3-4,9-14H2,1-2H3,(H,21,24). The summed E-state index contributed by atoms with van der Waals surface area (Å²) in [7, 11) is 0. The third-order valence-corrected chi connectivity index (χ3v) is 5.12. The van der Waals surface area contributed by atoms with Crippen LogP contribution in [-0.2, 0) is 14.3 Å². The molecule has 1 aromatic carbocycles. The van der Waals surface area contributed by atoms with Crippen LogP contribution in [-0.4, -0.2) is 67.1 Å². The number of hydrogen-bond acceptors (Lipinski definition) is 5. The van der Waals surface area contributed by atoms with Gasteiger partial charge in [-0.05, 0) is 38.8 Å². The van der Waals surface area contributed by atoms with E-state index in [0.29, 0.717) is 63.7 Å². The van der Waals surface area contributed by atoms with E-state index in [1.807, 2.05) is 19.1 Å². The topological polar surface area (TPSA) is 88.2 Å². The summed E-state index contributed by atoms with van der Waals surface area (Å²) in [6.07, 6.45) is 0.708. The number of para-hydroxylation sites is 2. The SMILES string of the molecule is CCOC(=O)N1CCN(C(=O)C2(C(=O)Nc3ccccc3OCC)CC2)CC1. The van der Waals surface area contributed by atoms with Crippen molar-refractivity contribution >= 4 is 23.6 Å². The van der Waals surface area contributed by atoms with E-state index >= 15 is 0 Å². The van der Waals surface area contributed by atoms with E-state index < -0.39 is 5.41 Å². The van der Waals surface area contributed by atoms with Crippen LogP contribution in [0.1, 0.15) is 26.7 Å². The minimum absolute atomic E-state index is 0.164. The molecule has 0 unspecified atom stereocenters. The first-order valence-electron chi connectivity index (χ1n) is 9.76. The number of carbonyl (C=O) groups is 3. The van der Waals surface area contributed by atoms with Crippen LogP contribution in [0.2, 0.25) is 0 Å². The van der Waals surface area contributed by atoms with E-state index in [1.165, 1.54) is 0 Å². The van der Waals surface area contributed by atoms with Gasteiger partial charge in [-0.1, -0.05) is 12.1 Å². The number of benzene rings is 1. The Morgan fingerprint density at radius 1 is 1.00 bits per heavy atom. The summed E-state index contributed by atoms with van der Waals surface area (Å²) in [5.41, 5.74) is -0.439. The van der Waals surface area contributed by atoms with Gasteiger partial charge < -0.3 is 24.6 Å². The molecule has 1 aromatic rings. The fourth-order valence-electron chi connectivity index (χ4n) is 3.37. The van der Waals surface area contributed by atoms with E-state index in [-0.39, 0.29) is 17.9 Å². The second-order valence-electron chi connectivity index (χ2n) is 6.94. The second kappa shape index (κ2) is 8.50. The zero-order valence-corrected chi connectivity index (χ0v) is 16.4. The average Bonchev–Trinajstić information content (AvgIpc) is 3.51. The third-order valence-electron chi connectivity index (χ3n) is 5.12. The van der Waals surface area contributed by atoms with Crippen molar-refractivity contribution in [2.45, 2.75) is 26.7 Å². The summed E-state index contributed by atoms with van der Waals surface area (Å²) in [6.45, 7) is 6.08. The van der Waals surface area contributed by atoms with Crippen LogP contribution in [0.3, 0.4) is 0 Å². The quantitative estimate of drug-likeness (QED) is 0.753. The highest BCUT2D eigenvalue weighted by molar-refractivity contribution is 6.13. The molecule has 1 aliphatic heterocycles. The Bertz CT molecular complexity index is 739. The lowest BCUT2D eigenvalue weighted by molar-refractivity contribution is -0.143. The zero-order valence-electron chi connectivity index (χ0n) is 16.4. The van der Waals surface area contributed by atoms with Gasteiger partial charge in [0.25, 0.3) is 0 Å². The van der Waals surface area contributed by atoms with Gasteiger partial charge >= 0.3 is 6.09 Å². The van der Waals surface area contributed by atoms with Crippen LogP contribution in [0, 0.1) is 5.41 Å². The lowest BCUT2D eigenvalue weighted by Crippen LogP contribution is -2.53. The number of piperazine rings is 1. The van der Waals surface area contributed by atoms with Crippen molar-refractivity contribution in [1.82, 2.24) is 9.80 Å². The highest BCUT2D eigenvalue weighted by atomic mass is 16.6. The Kier molecular flexibility index (Phi) is 6.06. The third kappa shape index (κ3) is 4.05. The van der Waals surface area contributed by atoms with Crippen LogP contribution in [0.5, 0.6) is 5.75 Å². The molecule has 0 aromatic heterocycles. The van der Waals surface area contributed by atoms with Gasteiger partial charge in [-0.2, -0.15) is 0 Å². The minimum atomic E-state index is -1.01. The number of nitrogens with one attached hydrogen (secondary N) is 1. The molecule has 3 rings (SSSR count). The molecule has 28 heavy (non-hydrogen) atoms. The predicted octanol–water partition coefficient (Wildman–Crippen LogP) is 2.10. The maximum atomic E-state index is 13.0. The van der Waals surface area contributed by atoms with Gasteiger partial charge in [-0.25, -0.2) is 4.79 Å². The van der Waals surface area contributed by atoms with Crippen molar-refractivity contribution < 1.29 is 23.9 Å². The monoisotopic (exact) mass is 389 g/mol. The highest BCUT2D eigenvalue weighted by Crippen LogP contribution is 2.48. The first-order chi connectivity index (χ1) is 13.5. The molecule has 0 atom stereocenters. The van der Waals surface area contributed by atoms with Gasteiger partial charge in [0.05, 0.1) is 18.9 Å². The number of ether oxygens (including phenoxy) is 2. The summed E-state index contributed by atoms with van der Waals surface area (Å²) in [6, 6.07) is 7.20. The molecule has 0 bridgehead atoms. The molecule has 8 heteroatoms. The van der Waals surface area contributed by atoms with E-state index in [2.05, 4.69) is 5.32 Å². The first-order valence-corrected chi connectivity index (χ1v) is 9.76. The maximum absolute atomic E-state index is 13.0. The Balaban J connectivity index is 1.61. The van der Waals surface area contributed by atoms with Gasteiger partial charge in [0, 0.05) is 26.2 Å². The van der Waals surface area contributed by atoms with Crippen molar-refractivity contribution in [2.24, 2.45) is 5.41 Å². The smallest absolute Gasteiger partial charge is 0.409 e. The number of anilines is 1. The summed E-state index contributed by atoms with van der Waals surface area (Å²) in [5, 5.41) is 2.87. The molecule has 1 saturated heterocycles. The number of nitrogens with zero attached hydrogens (tertiary/aromatic N) is 2.